The molecular formula is C6H8N2O2. The Balaban J connectivity index is 2.88. The summed E-state index contributed by atoms with van der Waals surface area (Å²) in [5.41, 5.74) is 0. The Morgan fingerprint density at radius 2 is 2.50 bits per heavy atom. The Hall–Kier alpha value is -1.32. The molecule has 4 nitrogen and oxygen atoms in total. The molecule has 0 aliphatic rings. The molecule has 4 heteroatoms. The summed E-state index contributed by atoms with van der Waals surface area (Å²) in [6, 6.07) is 0. The van der Waals surface area contributed by atoms with Crippen LogP contribution in [0.2, 0.25) is 0 Å². The zero-order valence-electron chi connectivity index (χ0n) is 5.87. The zero-order chi connectivity index (χ0) is 7.56. The van der Waals surface area contributed by atoms with E-state index in [1.165, 1.54) is 31.1 Å². The van der Waals surface area contributed by atoms with Gasteiger partial charge in [0.2, 0.25) is 11.8 Å². The molecule has 1 heterocycles. The van der Waals surface area contributed by atoms with Crippen molar-refractivity contribution in [2.24, 2.45) is 0 Å². The van der Waals surface area contributed by atoms with Crippen LogP contribution in [0.25, 0.3) is 0 Å². The third-order valence-electron chi connectivity index (χ3n) is 1.13. The van der Waals surface area contributed by atoms with Crippen molar-refractivity contribution in [2.75, 3.05) is 7.11 Å². The second-order valence-electron chi connectivity index (χ2n) is 1.84. The van der Waals surface area contributed by atoms with E-state index in [9.17, 15) is 4.79 Å². The molecule has 54 valence electrons. The minimum Gasteiger partial charge on any atom is -0.480 e. The van der Waals surface area contributed by atoms with Crippen LogP contribution in [0.5, 0.6) is 5.88 Å². The highest BCUT2D eigenvalue weighted by Crippen LogP contribution is 2.03. The summed E-state index contributed by atoms with van der Waals surface area (Å²) in [6.07, 6.45) is 2.95. The fourth-order valence-corrected chi connectivity index (χ4v) is 0.582. The molecule has 0 spiro atoms. The van der Waals surface area contributed by atoms with Crippen molar-refractivity contribution in [1.29, 1.82) is 0 Å². The van der Waals surface area contributed by atoms with E-state index in [-0.39, 0.29) is 5.91 Å². The van der Waals surface area contributed by atoms with Crippen LogP contribution in [0.3, 0.4) is 0 Å². The van der Waals surface area contributed by atoms with Crippen molar-refractivity contribution in [3.8, 4) is 5.88 Å². The van der Waals surface area contributed by atoms with Crippen molar-refractivity contribution >= 4 is 5.91 Å². The molecule has 0 unspecified atom stereocenters. The molecule has 0 aromatic carbocycles. The van der Waals surface area contributed by atoms with Crippen LogP contribution in [0.4, 0.5) is 0 Å². The van der Waals surface area contributed by atoms with E-state index in [1.54, 1.807) is 0 Å². The molecule has 0 aliphatic heterocycles. The van der Waals surface area contributed by atoms with Crippen LogP contribution in [0.15, 0.2) is 12.5 Å². The SMILES string of the molecule is COc1cn(C(C)=O)cn1. The first-order chi connectivity index (χ1) is 4.74. The third kappa shape index (κ3) is 1.15. The van der Waals surface area contributed by atoms with Gasteiger partial charge < -0.3 is 4.74 Å². The van der Waals surface area contributed by atoms with E-state index < -0.39 is 0 Å². The van der Waals surface area contributed by atoms with Gasteiger partial charge >= 0.3 is 0 Å². The Labute approximate surface area is 58.4 Å². The first-order valence-electron chi connectivity index (χ1n) is 2.83. The average Bonchev–Trinajstić information content (AvgIpc) is 2.34. The number of hydrogen-bond acceptors (Lipinski definition) is 3. The summed E-state index contributed by atoms with van der Waals surface area (Å²) < 4.78 is 6.12. The Morgan fingerprint density at radius 1 is 1.80 bits per heavy atom. The van der Waals surface area contributed by atoms with E-state index in [1.807, 2.05) is 0 Å². The van der Waals surface area contributed by atoms with Gasteiger partial charge in [-0.25, -0.2) is 4.98 Å². The molecule has 0 atom stereocenters. The van der Waals surface area contributed by atoms with Gasteiger partial charge in [-0.05, 0) is 0 Å². The van der Waals surface area contributed by atoms with Crippen LogP contribution in [-0.2, 0) is 0 Å². The third-order valence-corrected chi connectivity index (χ3v) is 1.13. The Kier molecular flexibility index (Phi) is 1.71. The lowest BCUT2D eigenvalue weighted by Crippen LogP contribution is -2.00. The van der Waals surface area contributed by atoms with Crippen LogP contribution < -0.4 is 4.74 Å². The molecule has 1 aromatic rings. The zero-order valence-corrected chi connectivity index (χ0v) is 5.87. The number of aromatic nitrogens is 2. The van der Waals surface area contributed by atoms with Gasteiger partial charge in [-0.3, -0.25) is 9.36 Å². The van der Waals surface area contributed by atoms with E-state index in [2.05, 4.69) is 4.98 Å². The van der Waals surface area contributed by atoms with Crippen LogP contribution in [0, 0.1) is 0 Å². The minimum atomic E-state index is -0.0733. The molecule has 1 rings (SSSR count). The van der Waals surface area contributed by atoms with Crippen LogP contribution in [0.1, 0.15) is 11.7 Å². The summed E-state index contributed by atoms with van der Waals surface area (Å²) >= 11 is 0. The number of carbonyl (C=O) groups is 1. The standard InChI is InChI=1S/C6H8N2O2/c1-5(9)8-3-6(10-2)7-4-8/h3-4H,1-2H3. The summed E-state index contributed by atoms with van der Waals surface area (Å²) in [5.74, 6) is 0.381. The quantitative estimate of drug-likeness (QED) is 0.572. The maximum absolute atomic E-state index is 10.6. The van der Waals surface area contributed by atoms with Crippen LogP contribution in [-0.4, -0.2) is 22.6 Å². The van der Waals surface area contributed by atoms with E-state index in [4.69, 9.17) is 4.74 Å². The highest BCUT2D eigenvalue weighted by Gasteiger charge is 1.99. The molecule has 0 fully saturated rings. The van der Waals surface area contributed by atoms with E-state index in [0.29, 0.717) is 5.88 Å². The summed E-state index contributed by atoms with van der Waals surface area (Å²) in [6.45, 7) is 1.46. The van der Waals surface area contributed by atoms with Crippen LogP contribution >= 0.6 is 0 Å². The smallest absolute Gasteiger partial charge is 0.231 e. The molecule has 0 amide bonds. The summed E-state index contributed by atoms with van der Waals surface area (Å²) in [7, 11) is 1.51. The monoisotopic (exact) mass is 140 g/mol. The van der Waals surface area contributed by atoms with Gasteiger partial charge in [0.1, 0.15) is 6.33 Å². The number of carbonyl (C=O) groups excluding carboxylic acids is 1. The lowest BCUT2D eigenvalue weighted by molar-refractivity contribution is 0.0936. The van der Waals surface area contributed by atoms with Gasteiger partial charge in [-0.2, -0.15) is 0 Å². The topological polar surface area (TPSA) is 44.1 Å². The normalized spacial score (nSPS) is 9.40. The molecule has 10 heavy (non-hydrogen) atoms. The molecule has 0 saturated carbocycles. The second-order valence-corrected chi connectivity index (χ2v) is 1.84. The van der Waals surface area contributed by atoms with Gasteiger partial charge in [0.25, 0.3) is 0 Å². The van der Waals surface area contributed by atoms with E-state index >= 15 is 0 Å². The molecule has 1 aromatic heterocycles. The molecule has 0 bridgehead atoms. The maximum atomic E-state index is 10.6. The highest BCUT2D eigenvalue weighted by atomic mass is 16.5. The average molecular weight is 140 g/mol. The lowest BCUT2D eigenvalue weighted by atomic mass is 10.7. The van der Waals surface area contributed by atoms with Crippen molar-refractivity contribution in [1.82, 2.24) is 9.55 Å². The maximum Gasteiger partial charge on any atom is 0.231 e. The van der Waals surface area contributed by atoms with Gasteiger partial charge in [-0.1, -0.05) is 0 Å². The molecule has 0 radical (unpaired) electrons. The van der Waals surface area contributed by atoms with Gasteiger partial charge in [-0.15, -0.1) is 0 Å². The molecule has 0 N–H and O–H groups in total. The minimum absolute atomic E-state index is 0.0733. The fraction of sp³-hybridized carbons (Fsp3) is 0.333. The largest absolute Gasteiger partial charge is 0.480 e. The van der Waals surface area contributed by atoms with Crippen molar-refractivity contribution < 1.29 is 9.53 Å². The lowest BCUT2D eigenvalue weighted by Gasteiger charge is -1.89. The van der Waals surface area contributed by atoms with Crippen molar-refractivity contribution in [3.63, 3.8) is 0 Å². The Bertz CT molecular complexity index is 242. The number of nitrogens with zero attached hydrogens (tertiary/aromatic N) is 2. The number of methoxy groups -OCH3 is 1. The first kappa shape index (κ1) is 6.80. The molecular weight excluding hydrogens is 132 g/mol. The first-order valence-corrected chi connectivity index (χ1v) is 2.83. The number of ether oxygens (including phenoxy) is 1. The van der Waals surface area contributed by atoms with Gasteiger partial charge in [0.15, 0.2) is 0 Å². The highest BCUT2D eigenvalue weighted by molar-refractivity contribution is 5.75. The van der Waals surface area contributed by atoms with E-state index in [0.717, 1.165) is 0 Å². The van der Waals surface area contributed by atoms with Crippen molar-refractivity contribution in [2.45, 2.75) is 6.92 Å². The number of imidazole rings is 1. The summed E-state index contributed by atoms with van der Waals surface area (Å²) in [4.78, 5) is 14.4. The van der Waals surface area contributed by atoms with Crippen molar-refractivity contribution in [3.05, 3.63) is 12.5 Å². The number of hydrogen-bond donors (Lipinski definition) is 0. The predicted octanol–water partition coefficient (Wildman–Crippen LogP) is 0.552. The predicted molar refractivity (Wildman–Crippen MR) is 35.1 cm³/mol. The Morgan fingerprint density at radius 3 is 2.80 bits per heavy atom. The second kappa shape index (κ2) is 2.51. The number of rotatable bonds is 1. The molecule has 0 aliphatic carbocycles. The summed E-state index contributed by atoms with van der Waals surface area (Å²) in [5, 5.41) is 0. The fourth-order valence-electron chi connectivity index (χ4n) is 0.582. The van der Waals surface area contributed by atoms with Gasteiger partial charge in [0, 0.05) is 6.92 Å². The molecule has 0 saturated heterocycles. The van der Waals surface area contributed by atoms with Gasteiger partial charge in [0.05, 0.1) is 13.3 Å².